The molecule has 1 aliphatic heterocycles. The van der Waals surface area contributed by atoms with Gasteiger partial charge >= 0.3 is 0 Å². The number of sulfonamides is 1. The summed E-state index contributed by atoms with van der Waals surface area (Å²) in [6.07, 6.45) is 3.59. The summed E-state index contributed by atoms with van der Waals surface area (Å²) in [5.74, 6) is -1.33. The van der Waals surface area contributed by atoms with Crippen LogP contribution in [-0.4, -0.2) is 31.7 Å². The third-order valence-electron chi connectivity index (χ3n) is 4.48. The van der Waals surface area contributed by atoms with Crippen molar-refractivity contribution >= 4 is 33.2 Å². The van der Waals surface area contributed by atoms with E-state index in [0.29, 0.717) is 18.1 Å². The van der Waals surface area contributed by atoms with E-state index in [1.165, 1.54) is 22.5 Å². The van der Waals surface area contributed by atoms with E-state index < -0.39 is 21.7 Å². The standard InChI is InChI=1S/C19H20ClFN2O3S/c20-15-7-5-6-14(12-15)19(24)22-18-9-8-16(13-17(18)21)27(25,26)23-10-3-1-2-4-11-23/h5-9,12-13H,1-4,10-11H2,(H,22,24). The molecule has 0 aromatic heterocycles. The Balaban J connectivity index is 1.80. The number of carbonyl (C=O) groups is 1. The summed E-state index contributed by atoms with van der Waals surface area (Å²) in [4.78, 5) is 12.1. The van der Waals surface area contributed by atoms with Crippen molar-refractivity contribution in [1.82, 2.24) is 4.31 Å². The molecule has 27 heavy (non-hydrogen) atoms. The van der Waals surface area contributed by atoms with Gasteiger partial charge < -0.3 is 5.32 Å². The van der Waals surface area contributed by atoms with Crippen LogP contribution in [0.2, 0.25) is 5.02 Å². The zero-order valence-electron chi connectivity index (χ0n) is 14.6. The Labute approximate surface area is 163 Å². The smallest absolute Gasteiger partial charge is 0.255 e. The Morgan fingerprint density at radius 1 is 1.04 bits per heavy atom. The maximum Gasteiger partial charge on any atom is 0.255 e. The Kier molecular flexibility index (Phi) is 6.14. The molecule has 1 N–H and O–H groups in total. The van der Waals surface area contributed by atoms with Gasteiger partial charge in [-0.2, -0.15) is 4.31 Å². The average Bonchev–Trinajstić information content (AvgIpc) is 2.93. The van der Waals surface area contributed by atoms with E-state index >= 15 is 0 Å². The van der Waals surface area contributed by atoms with Gasteiger partial charge in [0.15, 0.2) is 0 Å². The van der Waals surface area contributed by atoms with Gasteiger partial charge in [-0.3, -0.25) is 4.79 Å². The molecule has 5 nitrogen and oxygen atoms in total. The third kappa shape index (κ3) is 4.66. The quantitative estimate of drug-likeness (QED) is 0.817. The van der Waals surface area contributed by atoms with Gasteiger partial charge in [-0.05, 0) is 49.2 Å². The number of hydrogen-bond acceptors (Lipinski definition) is 3. The van der Waals surface area contributed by atoms with Gasteiger partial charge in [-0.15, -0.1) is 0 Å². The molecule has 0 radical (unpaired) electrons. The minimum Gasteiger partial charge on any atom is -0.319 e. The summed E-state index contributed by atoms with van der Waals surface area (Å²) in [7, 11) is -3.75. The first-order chi connectivity index (χ1) is 12.9. The SMILES string of the molecule is O=C(Nc1ccc(S(=O)(=O)N2CCCCCC2)cc1F)c1cccc(Cl)c1. The van der Waals surface area contributed by atoms with Crippen LogP contribution in [0.1, 0.15) is 36.0 Å². The van der Waals surface area contributed by atoms with E-state index in [4.69, 9.17) is 11.6 Å². The van der Waals surface area contributed by atoms with Crippen LogP contribution in [0.5, 0.6) is 0 Å². The van der Waals surface area contributed by atoms with E-state index in [1.807, 2.05) is 0 Å². The second kappa shape index (κ2) is 8.37. The molecule has 1 fully saturated rings. The van der Waals surface area contributed by atoms with Crippen molar-refractivity contribution < 1.29 is 17.6 Å². The second-order valence-corrected chi connectivity index (χ2v) is 8.80. The predicted molar refractivity (Wildman–Crippen MR) is 103 cm³/mol. The summed E-state index contributed by atoms with van der Waals surface area (Å²) in [5, 5.41) is 2.83. The maximum atomic E-state index is 14.5. The molecular formula is C19H20ClFN2O3S. The van der Waals surface area contributed by atoms with Crippen molar-refractivity contribution in [3.63, 3.8) is 0 Å². The molecule has 3 rings (SSSR count). The second-order valence-electron chi connectivity index (χ2n) is 6.42. The number of nitrogens with zero attached hydrogens (tertiary/aromatic N) is 1. The molecule has 1 amide bonds. The minimum atomic E-state index is -3.75. The fraction of sp³-hybridized carbons (Fsp3) is 0.316. The van der Waals surface area contributed by atoms with Crippen molar-refractivity contribution in [3.8, 4) is 0 Å². The van der Waals surface area contributed by atoms with Crippen LogP contribution in [0.25, 0.3) is 0 Å². The highest BCUT2D eigenvalue weighted by molar-refractivity contribution is 7.89. The number of halogens is 2. The molecule has 1 heterocycles. The lowest BCUT2D eigenvalue weighted by atomic mass is 10.2. The molecule has 1 aliphatic rings. The zero-order valence-corrected chi connectivity index (χ0v) is 16.2. The Morgan fingerprint density at radius 2 is 1.74 bits per heavy atom. The first kappa shape index (κ1) is 19.8. The van der Waals surface area contributed by atoms with Crippen molar-refractivity contribution in [2.45, 2.75) is 30.6 Å². The van der Waals surface area contributed by atoms with Gasteiger partial charge in [0, 0.05) is 23.7 Å². The van der Waals surface area contributed by atoms with Crippen LogP contribution in [0, 0.1) is 5.82 Å². The highest BCUT2D eigenvalue weighted by atomic mass is 35.5. The molecule has 8 heteroatoms. The number of anilines is 1. The number of rotatable bonds is 4. The lowest BCUT2D eigenvalue weighted by Crippen LogP contribution is -2.32. The van der Waals surface area contributed by atoms with Crippen LogP contribution in [-0.2, 0) is 10.0 Å². The topological polar surface area (TPSA) is 66.5 Å². The molecule has 2 aromatic carbocycles. The first-order valence-corrected chi connectivity index (χ1v) is 10.6. The van der Waals surface area contributed by atoms with Crippen molar-refractivity contribution in [1.29, 1.82) is 0 Å². The maximum absolute atomic E-state index is 14.5. The summed E-state index contributed by atoms with van der Waals surface area (Å²) in [6.45, 7) is 0.883. The van der Waals surface area contributed by atoms with Crippen molar-refractivity contribution in [2.24, 2.45) is 0 Å². The van der Waals surface area contributed by atoms with E-state index in [-0.39, 0.29) is 16.1 Å². The van der Waals surface area contributed by atoms with Crippen molar-refractivity contribution in [3.05, 3.63) is 58.9 Å². The highest BCUT2D eigenvalue weighted by Gasteiger charge is 2.26. The van der Waals surface area contributed by atoms with Crippen LogP contribution in [0.4, 0.5) is 10.1 Å². The first-order valence-electron chi connectivity index (χ1n) is 8.74. The lowest BCUT2D eigenvalue weighted by molar-refractivity contribution is 0.102. The predicted octanol–water partition coefficient (Wildman–Crippen LogP) is 4.30. The van der Waals surface area contributed by atoms with E-state index in [9.17, 15) is 17.6 Å². The largest absolute Gasteiger partial charge is 0.319 e. The Bertz CT molecular complexity index is 942. The summed E-state index contributed by atoms with van der Waals surface area (Å²) < 4.78 is 41.3. The van der Waals surface area contributed by atoms with Crippen LogP contribution in [0.3, 0.4) is 0 Å². The summed E-state index contributed by atoms with van der Waals surface area (Å²) >= 11 is 5.85. The number of hydrogen-bond donors (Lipinski definition) is 1. The molecule has 0 aliphatic carbocycles. The Morgan fingerprint density at radius 3 is 2.37 bits per heavy atom. The third-order valence-corrected chi connectivity index (χ3v) is 6.61. The molecule has 0 saturated carbocycles. The molecule has 0 bridgehead atoms. The summed E-state index contributed by atoms with van der Waals surface area (Å²) in [5.41, 5.74) is 0.193. The van der Waals surface area contributed by atoms with Gasteiger partial charge in [-0.25, -0.2) is 12.8 Å². The van der Waals surface area contributed by atoms with Crippen LogP contribution >= 0.6 is 11.6 Å². The fourth-order valence-electron chi connectivity index (χ4n) is 3.01. The number of benzene rings is 2. The minimum absolute atomic E-state index is 0.0882. The van der Waals surface area contributed by atoms with Gasteiger partial charge in [0.2, 0.25) is 10.0 Å². The van der Waals surface area contributed by atoms with Crippen LogP contribution < -0.4 is 5.32 Å². The van der Waals surface area contributed by atoms with E-state index in [0.717, 1.165) is 31.7 Å². The number of nitrogens with one attached hydrogen (secondary N) is 1. The normalized spacial score (nSPS) is 15.9. The number of amides is 1. The van der Waals surface area contributed by atoms with Gasteiger partial charge in [0.1, 0.15) is 5.82 Å². The van der Waals surface area contributed by atoms with E-state index in [1.54, 1.807) is 18.2 Å². The van der Waals surface area contributed by atoms with Gasteiger partial charge in [0.05, 0.1) is 10.6 Å². The van der Waals surface area contributed by atoms with Gasteiger partial charge in [-0.1, -0.05) is 30.5 Å². The van der Waals surface area contributed by atoms with Crippen LogP contribution in [0.15, 0.2) is 47.4 Å². The molecule has 0 atom stereocenters. The highest BCUT2D eigenvalue weighted by Crippen LogP contribution is 2.24. The molecular weight excluding hydrogens is 391 g/mol. The molecule has 0 unspecified atom stereocenters. The lowest BCUT2D eigenvalue weighted by Gasteiger charge is -2.20. The molecule has 0 spiro atoms. The number of carbonyl (C=O) groups excluding carboxylic acids is 1. The fourth-order valence-corrected chi connectivity index (χ4v) is 4.73. The molecule has 1 saturated heterocycles. The monoisotopic (exact) mass is 410 g/mol. The summed E-state index contributed by atoms with van der Waals surface area (Å²) in [6, 6.07) is 9.79. The van der Waals surface area contributed by atoms with E-state index in [2.05, 4.69) is 5.32 Å². The van der Waals surface area contributed by atoms with Gasteiger partial charge in [0.25, 0.3) is 5.91 Å². The zero-order chi connectivity index (χ0) is 19.4. The Hall–Kier alpha value is -1.96. The molecule has 2 aromatic rings. The average molecular weight is 411 g/mol. The molecule has 144 valence electrons. The van der Waals surface area contributed by atoms with Crippen molar-refractivity contribution in [2.75, 3.05) is 18.4 Å².